The van der Waals surface area contributed by atoms with Gasteiger partial charge in [-0.25, -0.2) is 8.42 Å². The molecule has 1 unspecified atom stereocenters. The summed E-state index contributed by atoms with van der Waals surface area (Å²) in [7, 11) is -3.33. The second-order valence-corrected chi connectivity index (χ2v) is 7.14. The Morgan fingerprint density at radius 1 is 1.24 bits per heavy atom. The molecule has 1 aliphatic rings. The molecule has 1 heterocycles. The molecule has 1 aromatic rings. The van der Waals surface area contributed by atoms with Crippen molar-refractivity contribution in [2.45, 2.75) is 12.5 Å². The minimum Gasteiger partial charge on any atom is -0.508 e. The number of benzene rings is 1. The van der Waals surface area contributed by atoms with Gasteiger partial charge in [-0.3, -0.25) is 9.59 Å². The quantitative estimate of drug-likeness (QED) is 0.819. The van der Waals surface area contributed by atoms with Gasteiger partial charge >= 0.3 is 5.97 Å². The Bertz CT molecular complexity index is 652. The first kappa shape index (κ1) is 15.3. The maximum absolute atomic E-state index is 12.4. The van der Waals surface area contributed by atoms with Crippen LogP contribution in [-0.4, -0.2) is 59.5 Å². The number of phenolic OH excluding ortho intramolecular Hbond substituents is 1. The maximum atomic E-state index is 12.4. The summed E-state index contributed by atoms with van der Waals surface area (Å²) in [6.45, 7) is -0.0278. The van der Waals surface area contributed by atoms with Crippen LogP contribution in [0, 0.1) is 0 Å². The van der Waals surface area contributed by atoms with Crippen LogP contribution < -0.4 is 0 Å². The van der Waals surface area contributed by atoms with Crippen LogP contribution >= 0.6 is 0 Å². The van der Waals surface area contributed by atoms with Gasteiger partial charge in [-0.2, -0.15) is 0 Å². The Labute approximate surface area is 121 Å². The molecule has 1 atom stereocenters. The summed E-state index contributed by atoms with van der Waals surface area (Å²) in [5, 5.41) is 18.1. The zero-order valence-corrected chi connectivity index (χ0v) is 11.9. The Morgan fingerprint density at radius 3 is 2.43 bits per heavy atom. The fraction of sp³-hybridized carbons (Fsp3) is 0.385. The number of carboxylic acid groups (broad SMARTS) is 1. The smallest absolute Gasteiger partial charge is 0.305 e. The zero-order valence-electron chi connectivity index (χ0n) is 11.1. The van der Waals surface area contributed by atoms with E-state index >= 15 is 0 Å². The lowest BCUT2D eigenvalue weighted by Gasteiger charge is -2.34. The number of carbonyl (C=O) groups excluding carboxylic acids is 1. The number of hydrogen-bond acceptors (Lipinski definition) is 5. The molecule has 1 saturated heterocycles. The topological polar surface area (TPSA) is 112 Å². The van der Waals surface area contributed by atoms with E-state index in [9.17, 15) is 23.1 Å². The average molecular weight is 313 g/mol. The molecule has 8 heteroatoms. The molecule has 1 aromatic carbocycles. The van der Waals surface area contributed by atoms with Crippen LogP contribution in [0.4, 0.5) is 0 Å². The summed E-state index contributed by atoms with van der Waals surface area (Å²) in [6, 6.07) is 4.65. The maximum Gasteiger partial charge on any atom is 0.305 e. The second-order valence-electron chi connectivity index (χ2n) is 4.91. The van der Waals surface area contributed by atoms with E-state index < -0.39 is 34.2 Å². The molecule has 1 aliphatic heterocycles. The van der Waals surface area contributed by atoms with Gasteiger partial charge in [-0.05, 0) is 24.3 Å². The van der Waals surface area contributed by atoms with Gasteiger partial charge in [0.25, 0.3) is 5.91 Å². The van der Waals surface area contributed by atoms with Crippen molar-refractivity contribution in [1.29, 1.82) is 0 Å². The Morgan fingerprint density at radius 2 is 1.86 bits per heavy atom. The first-order chi connectivity index (χ1) is 9.78. The molecule has 2 rings (SSSR count). The molecule has 7 nitrogen and oxygen atoms in total. The SMILES string of the molecule is O=C(O)CC1CS(=O)(=O)CCN1C(=O)c1ccc(O)cc1. The molecule has 114 valence electrons. The van der Waals surface area contributed by atoms with Crippen LogP contribution in [0.1, 0.15) is 16.8 Å². The van der Waals surface area contributed by atoms with Crippen LogP contribution in [0.3, 0.4) is 0 Å². The van der Waals surface area contributed by atoms with Gasteiger partial charge in [-0.15, -0.1) is 0 Å². The van der Waals surface area contributed by atoms with Crippen molar-refractivity contribution >= 4 is 21.7 Å². The summed E-state index contributed by atoms with van der Waals surface area (Å²) < 4.78 is 23.3. The molecule has 0 radical (unpaired) electrons. The fourth-order valence-corrected chi connectivity index (χ4v) is 3.82. The summed E-state index contributed by atoms with van der Waals surface area (Å²) in [4.78, 5) is 24.5. The third kappa shape index (κ3) is 3.72. The number of carbonyl (C=O) groups is 2. The Balaban J connectivity index is 2.24. The van der Waals surface area contributed by atoms with Gasteiger partial charge in [0.05, 0.1) is 24.0 Å². The predicted octanol–water partition coefficient (Wildman–Crippen LogP) is 0.106. The van der Waals surface area contributed by atoms with E-state index in [-0.39, 0.29) is 29.4 Å². The summed E-state index contributed by atoms with van der Waals surface area (Å²) in [5.74, 6) is -2.10. The number of rotatable bonds is 3. The highest BCUT2D eigenvalue weighted by Gasteiger charge is 2.35. The predicted molar refractivity (Wildman–Crippen MR) is 73.8 cm³/mol. The summed E-state index contributed by atoms with van der Waals surface area (Å²) in [5.41, 5.74) is 0.280. The van der Waals surface area contributed by atoms with Crippen molar-refractivity contribution < 1.29 is 28.2 Å². The van der Waals surface area contributed by atoms with E-state index in [0.717, 1.165) is 0 Å². The summed E-state index contributed by atoms with van der Waals surface area (Å²) >= 11 is 0. The van der Waals surface area contributed by atoms with Crippen molar-refractivity contribution in [2.75, 3.05) is 18.1 Å². The van der Waals surface area contributed by atoms with Crippen molar-refractivity contribution in [3.05, 3.63) is 29.8 Å². The largest absolute Gasteiger partial charge is 0.508 e. The van der Waals surface area contributed by atoms with Gasteiger partial charge in [0, 0.05) is 12.1 Å². The van der Waals surface area contributed by atoms with Crippen LogP contribution in [0.5, 0.6) is 5.75 Å². The van der Waals surface area contributed by atoms with E-state index in [2.05, 4.69) is 0 Å². The Hall–Kier alpha value is -2.09. The lowest BCUT2D eigenvalue weighted by Crippen LogP contribution is -2.51. The Kier molecular flexibility index (Phi) is 4.17. The number of aliphatic carboxylic acids is 1. The van der Waals surface area contributed by atoms with Gasteiger partial charge in [0.15, 0.2) is 9.84 Å². The average Bonchev–Trinajstić information content (AvgIpc) is 2.37. The highest BCUT2D eigenvalue weighted by Crippen LogP contribution is 2.19. The van der Waals surface area contributed by atoms with Crippen molar-refractivity contribution in [2.24, 2.45) is 0 Å². The van der Waals surface area contributed by atoms with Crippen molar-refractivity contribution in [3.8, 4) is 5.75 Å². The first-order valence-corrected chi connectivity index (χ1v) is 8.13. The molecule has 1 fully saturated rings. The number of amides is 1. The number of aromatic hydroxyl groups is 1. The lowest BCUT2D eigenvalue weighted by molar-refractivity contribution is -0.138. The van der Waals surface area contributed by atoms with Crippen LogP contribution in [-0.2, 0) is 14.6 Å². The molecular weight excluding hydrogens is 298 g/mol. The van der Waals surface area contributed by atoms with E-state index in [1.807, 2.05) is 0 Å². The van der Waals surface area contributed by atoms with Gasteiger partial charge < -0.3 is 15.1 Å². The molecule has 0 aromatic heterocycles. The zero-order chi connectivity index (χ0) is 15.6. The normalized spacial score (nSPS) is 21.0. The van der Waals surface area contributed by atoms with Crippen molar-refractivity contribution in [1.82, 2.24) is 4.90 Å². The molecule has 21 heavy (non-hydrogen) atoms. The third-order valence-electron chi connectivity index (χ3n) is 3.32. The minimum atomic E-state index is -3.33. The molecule has 0 aliphatic carbocycles. The first-order valence-electron chi connectivity index (χ1n) is 6.31. The molecule has 0 spiro atoms. The standard InChI is InChI=1S/C13H15NO6S/c15-11-3-1-9(2-4-11)13(18)14-5-6-21(19,20)8-10(14)7-12(16)17/h1-4,10,15H,5-8H2,(H,16,17). The van der Waals surface area contributed by atoms with Crippen LogP contribution in [0.25, 0.3) is 0 Å². The van der Waals surface area contributed by atoms with Gasteiger partial charge in [-0.1, -0.05) is 0 Å². The number of hydrogen-bond donors (Lipinski definition) is 2. The number of phenols is 1. The highest BCUT2D eigenvalue weighted by molar-refractivity contribution is 7.91. The molecule has 0 saturated carbocycles. The van der Waals surface area contributed by atoms with E-state index in [0.29, 0.717) is 0 Å². The lowest BCUT2D eigenvalue weighted by atomic mass is 10.1. The van der Waals surface area contributed by atoms with E-state index in [4.69, 9.17) is 5.11 Å². The fourth-order valence-electron chi connectivity index (χ4n) is 2.29. The highest BCUT2D eigenvalue weighted by atomic mass is 32.2. The van der Waals surface area contributed by atoms with E-state index in [1.54, 1.807) is 0 Å². The van der Waals surface area contributed by atoms with Crippen LogP contribution in [0.15, 0.2) is 24.3 Å². The third-order valence-corrected chi connectivity index (χ3v) is 5.01. The number of sulfone groups is 1. The molecular formula is C13H15NO6S. The van der Waals surface area contributed by atoms with Gasteiger partial charge in [0.1, 0.15) is 5.75 Å². The van der Waals surface area contributed by atoms with Crippen molar-refractivity contribution in [3.63, 3.8) is 0 Å². The van der Waals surface area contributed by atoms with E-state index in [1.165, 1.54) is 29.2 Å². The number of nitrogens with zero attached hydrogens (tertiary/aromatic N) is 1. The molecule has 1 amide bonds. The minimum absolute atomic E-state index is 0.00913. The monoisotopic (exact) mass is 313 g/mol. The van der Waals surface area contributed by atoms with Crippen LogP contribution in [0.2, 0.25) is 0 Å². The molecule has 2 N–H and O–H groups in total. The second kappa shape index (κ2) is 5.72. The summed E-state index contributed by atoms with van der Waals surface area (Å²) in [6.07, 6.45) is -0.414. The number of carboxylic acids is 1. The molecule has 0 bridgehead atoms. The van der Waals surface area contributed by atoms with Gasteiger partial charge in [0.2, 0.25) is 0 Å².